The van der Waals surface area contributed by atoms with Crippen molar-refractivity contribution >= 4 is 11.9 Å². The van der Waals surface area contributed by atoms with Crippen molar-refractivity contribution in [2.75, 3.05) is 6.61 Å². The van der Waals surface area contributed by atoms with Gasteiger partial charge in [0.15, 0.2) is 5.78 Å². The predicted molar refractivity (Wildman–Crippen MR) is 98.5 cm³/mol. The van der Waals surface area contributed by atoms with Crippen LogP contribution in [-0.2, 0) is 14.3 Å². The highest BCUT2D eigenvalue weighted by Gasteiger charge is 2.60. The van der Waals surface area contributed by atoms with Crippen LogP contribution in [0.3, 0.4) is 0 Å². The zero-order chi connectivity index (χ0) is 18.5. The number of ether oxygens (including phenoxy) is 2. The summed E-state index contributed by atoms with van der Waals surface area (Å²) in [6, 6.07) is 0. The number of allylic oxidation sites excluding steroid dienone is 2. The summed E-state index contributed by atoms with van der Waals surface area (Å²) < 4.78 is 10.8. The highest BCUT2D eigenvalue weighted by Crippen LogP contribution is 2.65. The number of hydrogen-bond donors (Lipinski definition) is 0. The molecule has 0 aromatic carbocycles. The molecule has 0 saturated heterocycles. The molecule has 7 atom stereocenters. The Morgan fingerprint density at radius 1 is 1.15 bits per heavy atom. The van der Waals surface area contributed by atoms with Crippen LogP contribution in [-0.4, -0.2) is 24.6 Å². The van der Waals surface area contributed by atoms with Gasteiger partial charge in [-0.05, 0) is 80.6 Å². The normalized spacial score (nSPS) is 46.9. The van der Waals surface area contributed by atoms with E-state index in [2.05, 4.69) is 19.9 Å². The van der Waals surface area contributed by atoms with Crippen LogP contribution in [0.5, 0.6) is 0 Å². The van der Waals surface area contributed by atoms with E-state index in [4.69, 9.17) is 9.47 Å². The Labute approximate surface area is 156 Å². The van der Waals surface area contributed by atoms with Gasteiger partial charge in [0, 0.05) is 11.8 Å². The Morgan fingerprint density at radius 2 is 1.96 bits per heavy atom. The standard InChI is InChI=1S/C22H32O4/c1-4-25-20(24)26-19-8-7-17-16-6-5-14-13-15(23)9-11-21(14,2)18(16)10-12-22(17,19)3/h9,11,14,16-19H,4-8,10,12-13H2,1-3H3. The van der Waals surface area contributed by atoms with Crippen LogP contribution in [0.2, 0.25) is 0 Å². The average molecular weight is 360 g/mol. The third kappa shape index (κ3) is 2.63. The topological polar surface area (TPSA) is 52.6 Å². The van der Waals surface area contributed by atoms with Crippen molar-refractivity contribution in [2.45, 2.75) is 71.8 Å². The Kier molecular flexibility index (Phi) is 4.44. The smallest absolute Gasteiger partial charge is 0.435 e. The molecule has 0 aliphatic heterocycles. The van der Waals surface area contributed by atoms with E-state index < -0.39 is 6.16 Å². The lowest BCUT2D eigenvalue weighted by atomic mass is 9.46. The summed E-state index contributed by atoms with van der Waals surface area (Å²) in [7, 11) is 0. The fourth-order valence-corrected chi connectivity index (χ4v) is 7.05. The van der Waals surface area contributed by atoms with Gasteiger partial charge in [-0.1, -0.05) is 19.9 Å². The fourth-order valence-electron chi connectivity index (χ4n) is 7.05. The molecule has 26 heavy (non-hydrogen) atoms. The van der Waals surface area contributed by atoms with Crippen LogP contribution in [0.15, 0.2) is 12.2 Å². The van der Waals surface area contributed by atoms with E-state index in [-0.39, 0.29) is 16.9 Å². The fraction of sp³-hybridized carbons (Fsp3) is 0.818. The monoisotopic (exact) mass is 360 g/mol. The second kappa shape index (κ2) is 6.38. The average Bonchev–Trinajstić information content (AvgIpc) is 2.92. The first-order valence-corrected chi connectivity index (χ1v) is 10.4. The molecule has 144 valence electrons. The lowest BCUT2D eigenvalue weighted by Crippen LogP contribution is -2.53. The van der Waals surface area contributed by atoms with E-state index in [0.717, 1.165) is 32.1 Å². The number of carbonyl (C=O) groups excluding carboxylic acids is 2. The molecule has 0 aromatic heterocycles. The molecule has 7 unspecified atom stereocenters. The van der Waals surface area contributed by atoms with E-state index in [1.807, 2.05) is 13.0 Å². The van der Waals surface area contributed by atoms with Crippen molar-refractivity contribution in [3.8, 4) is 0 Å². The predicted octanol–water partition coefficient (Wildman–Crippen LogP) is 4.92. The van der Waals surface area contributed by atoms with Crippen molar-refractivity contribution in [1.29, 1.82) is 0 Å². The molecule has 4 rings (SSSR count). The van der Waals surface area contributed by atoms with Crippen molar-refractivity contribution in [3.63, 3.8) is 0 Å². The van der Waals surface area contributed by atoms with Gasteiger partial charge >= 0.3 is 6.16 Å². The molecular weight excluding hydrogens is 328 g/mol. The Hall–Kier alpha value is -1.32. The number of carbonyl (C=O) groups is 2. The quantitative estimate of drug-likeness (QED) is 0.656. The highest BCUT2D eigenvalue weighted by atomic mass is 16.7. The molecule has 4 aliphatic rings. The van der Waals surface area contributed by atoms with Crippen molar-refractivity contribution in [1.82, 2.24) is 0 Å². The minimum absolute atomic E-state index is 0.0125. The molecule has 3 saturated carbocycles. The van der Waals surface area contributed by atoms with Crippen LogP contribution in [0.4, 0.5) is 4.79 Å². The largest absolute Gasteiger partial charge is 0.508 e. The van der Waals surface area contributed by atoms with E-state index in [1.165, 1.54) is 12.8 Å². The Morgan fingerprint density at radius 3 is 2.73 bits per heavy atom. The summed E-state index contributed by atoms with van der Waals surface area (Å²) in [5, 5.41) is 0. The number of rotatable bonds is 2. The van der Waals surface area contributed by atoms with Gasteiger partial charge in [0.25, 0.3) is 0 Å². The summed E-state index contributed by atoms with van der Waals surface area (Å²) in [5.74, 6) is 2.77. The van der Waals surface area contributed by atoms with E-state index in [0.29, 0.717) is 36.1 Å². The van der Waals surface area contributed by atoms with Gasteiger partial charge in [-0.25, -0.2) is 4.79 Å². The zero-order valence-corrected chi connectivity index (χ0v) is 16.3. The maximum Gasteiger partial charge on any atom is 0.508 e. The van der Waals surface area contributed by atoms with Crippen LogP contribution in [0, 0.1) is 34.5 Å². The minimum atomic E-state index is -0.508. The van der Waals surface area contributed by atoms with E-state index >= 15 is 0 Å². The Bertz CT molecular complexity index is 626. The summed E-state index contributed by atoms with van der Waals surface area (Å²) >= 11 is 0. The summed E-state index contributed by atoms with van der Waals surface area (Å²) in [6.45, 7) is 6.90. The Balaban J connectivity index is 1.55. The molecule has 0 aromatic rings. The molecule has 0 heterocycles. The van der Waals surface area contributed by atoms with Crippen LogP contribution < -0.4 is 0 Å². The molecular formula is C22H32O4. The molecule has 4 heteroatoms. The molecule has 4 nitrogen and oxygen atoms in total. The molecule has 0 amide bonds. The molecule has 0 radical (unpaired) electrons. The molecule has 0 N–H and O–H groups in total. The van der Waals surface area contributed by atoms with E-state index in [1.54, 1.807) is 0 Å². The summed E-state index contributed by atoms with van der Waals surface area (Å²) in [5.41, 5.74) is 0.240. The summed E-state index contributed by atoms with van der Waals surface area (Å²) in [4.78, 5) is 23.8. The molecule has 3 fully saturated rings. The van der Waals surface area contributed by atoms with Crippen molar-refractivity contribution < 1.29 is 19.1 Å². The second-order valence-corrected chi connectivity index (χ2v) is 9.43. The summed E-state index contributed by atoms with van der Waals surface area (Å²) in [6.07, 6.45) is 11.0. The maximum absolute atomic E-state index is 11.9. The lowest BCUT2D eigenvalue weighted by Gasteiger charge is -2.58. The second-order valence-electron chi connectivity index (χ2n) is 9.43. The molecule has 4 aliphatic carbocycles. The van der Waals surface area contributed by atoms with Gasteiger partial charge in [-0.2, -0.15) is 0 Å². The van der Waals surface area contributed by atoms with Gasteiger partial charge in [0.05, 0.1) is 6.61 Å². The molecule has 0 spiro atoms. The first kappa shape index (κ1) is 18.1. The lowest BCUT2D eigenvalue weighted by molar-refractivity contribution is -0.124. The van der Waals surface area contributed by atoms with Gasteiger partial charge < -0.3 is 9.47 Å². The number of fused-ring (bicyclic) bond motifs is 5. The van der Waals surface area contributed by atoms with Gasteiger partial charge in [-0.3, -0.25) is 4.79 Å². The molecule has 0 bridgehead atoms. The SMILES string of the molecule is CCOC(=O)OC1CCC2C3CCC4CC(=O)C=CC4(C)C3CCC12C. The number of ketones is 1. The van der Waals surface area contributed by atoms with Crippen LogP contribution in [0.1, 0.15) is 65.7 Å². The van der Waals surface area contributed by atoms with Crippen LogP contribution in [0.25, 0.3) is 0 Å². The zero-order valence-electron chi connectivity index (χ0n) is 16.3. The highest BCUT2D eigenvalue weighted by molar-refractivity contribution is 5.91. The third-order valence-corrected chi connectivity index (χ3v) is 8.45. The first-order chi connectivity index (χ1) is 12.4. The van der Waals surface area contributed by atoms with Gasteiger partial charge in [0.2, 0.25) is 0 Å². The first-order valence-electron chi connectivity index (χ1n) is 10.4. The van der Waals surface area contributed by atoms with E-state index in [9.17, 15) is 9.59 Å². The maximum atomic E-state index is 11.9. The third-order valence-electron chi connectivity index (χ3n) is 8.45. The van der Waals surface area contributed by atoms with Crippen LogP contribution >= 0.6 is 0 Å². The minimum Gasteiger partial charge on any atom is -0.435 e. The van der Waals surface area contributed by atoms with Gasteiger partial charge in [-0.15, -0.1) is 0 Å². The van der Waals surface area contributed by atoms with Crippen molar-refractivity contribution in [2.24, 2.45) is 34.5 Å². The number of hydrogen-bond acceptors (Lipinski definition) is 4. The van der Waals surface area contributed by atoms with Crippen molar-refractivity contribution in [3.05, 3.63) is 12.2 Å². The van der Waals surface area contributed by atoms with Gasteiger partial charge in [0.1, 0.15) is 6.10 Å².